The maximum absolute atomic E-state index is 12.1. The molecular formula is C18H27N5O3. The predicted molar refractivity (Wildman–Crippen MR) is 97.7 cm³/mol. The standard InChI is InChI=1S/C18H27N5O3/c1-3-14-8-15(20-17(19-14)22-4-6-26-7-5-22)23-10-13-9-21(2)11-18(13,12-23)16(24)25/h8,13H,3-7,9-12H2,1-2H3,(H,24,25)/t13-,18-/m0/s1. The van der Waals surface area contributed by atoms with Crippen molar-refractivity contribution in [1.82, 2.24) is 14.9 Å². The Morgan fingerprint density at radius 3 is 2.69 bits per heavy atom. The Balaban J connectivity index is 1.63. The number of aliphatic carboxylic acids is 1. The molecule has 0 amide bonds. The maximum Gasteiger partial charge on any atom is 0.313 e. The Hall–Kier alpha value is -1.93. The summed E-state index contributed by atoms with van der Waals surface area (Å²) in [6.07, 6.45) is 0.830. The highest BCUT2D eigenvalue weighted by Gasteiger charge is 2.57. The van der Waals surface area contributed by atoms with Gasteiger partial charge < -0.3 is 24.5 Å². The van der Waals surface area contributed by atoms with Crippen molar-refractivity contribution in [1.29, 1.82) is 0 Å². The molecule has 3 fully saturated rings. The topological polar surface area (TPSA) is 82.0 Å². The Kier molecular flexibility index (Phi) is 4.48. The molecule has 8 nitrogen and oxygen atoms in total. The van der Waals surface area contributed by atoms with Gasteiger partial charge in [0.15, 0.2) is 0 Å². The zero-order valence-electron chi connectivity index (χ0n) is 15.5. The molecule has 0 unspecified atom stereocenters. The number of rotatable bonds is 4. The minimum atomic E-state index is -0.689. The first-order chi connectivity index (χ1) is 12.5. The normalized spacial score (nSPS) is 29.2. The molecular weight excluding hydrogens is 334 g/mol. The van der Waals surface area contributed by atoms with Crippen LogP contribution in [0.15, 0.2) is 6.07 Å². The van der Waals surface area contributed by atoms with Crippen molar-refractivity contribution in [2.75, 3.05) is 69.3 Å². The molecule has 3 saturated heterocycles. The van der Waals surface area contributed by atoms with E-state index in [1.807, 2.05) is 13.1 Å². The number of carbonyl (C=O) groups is 1. The fourth-order valence-electron chi connectivity index (χ4n) is 4.51. The van der Waals surface area contributed by atoms with Crippen LogP contribution in [0, 0.1) is 11.3 Å². The zero-order chi connectivity index (χ0) is 18.3. The van der Waals surface area contributed by atoms with E-state index in [0.29, 0.717) is 26.3 Å². The fourth-order valence-corrected chi connectivity index (χ4v) is 4.51. The molecule has 4 heterocycles. The van der Waals surface area contributed by atoms with Crippen molar-refractivity contribution >= 4 is 17.7 Å². The van der Waals surface area contributed by atoms with E-state index >= 15 is 0 Å². The predicted octanol–water partition coefficient (Wildman–Crippen LogP) is 0.328. The number of morpholine rings is 1. The molecule has 4 rings (SSSR count). The summed E-state index contributed by atoms with van der Waals surface area (Å²) in [5, 5.41) is 9.91. The van der Waals surface area contributed by atoms with Crippen molar-refractivity contribution in [3.05, 3.63) is 11.8 Å². The third kappa shape index (κ3) is 2.91. The van der Waals surface area contributed by atoms with E-state index in [2.05, 4.69) is 21.6 Å². The Bertz CT molecular complexity index is 693. The van der Waals surface area contributed by atoms with Crippen molar-refractivity contribution < 1.29 is 14.6 Å². The van der Waals surface area contributed by atoms with E-state index < -0.39 is 11.4 Å². The molecule has 0 spiro atoms. The SMILES string of the molecule is CCc1cc(N2C[C@@H]3CN(C)C[C@]3(C(=O)O)C2)nc(N2CCOCC2)n1. The zero-order valence-corrected chi connectivity index (χ0v) is 15.5. The molecule has 142 valence electrons. The molecule has 26 heavy (non-hydrogen) atoms. The quantitative estimate of drug-likeness (QED) is 0.822. The highest BCUT2D eigenvalue weighted by atomic mass is 16.5. The summed E-state index contributed by atoms with van der Waals surface area (Å²) in [5.41, 5.74) is 0.306. The lowest BCUT2D eigenvalue weighted by atomic mass is 9.81. The summed E-state index contributed by atoms with van der Waals surface area (Å²) in [5.74, 6) is 1.04. The highest BCUT2D eigenvalue weighted by Crippen LogP contribution is 2.43. The van der Waals surface area contributed by atoms with E-state index in [4.69, 9.17) is 14.7 Å². The number of aromatic nitrogens is 2. The molecule has 0 aromatic carbocycles. The molecule has 3 aliphatic heterocycles. The van der Waals surface area contributed by atoms with E-state index in [0.717, 1.165) is 50.1 Å². The molecule has 1 aromatic rings. The summed E-state index contributed by atoms with van der Waals surface area (Å²) in [6.45, 7) is 7.72. The number of anilines is 2. The van der Waals surface area contributed by atoms with Crippen LogP contribution in [0.3, 0.4) is 0 Å². The lowest BCUT2D eigenvalue weighted by Crippen LogP contribution is -2.41. The average molecular weight is 361 g/mol. The molecule has 0 radical (unpaired) electrons. The largest absolute Gasteiger partial charge is 0.481 e. The van der Waals surface area contributed by atoms with Crippen molar-refractivity contribution in [2.24, 2.45) is 11.3 Å². The van der Waals surface area contributed by atoms with Gasteiger partial charge in [-0.2, -0.15) is 4.98 Å². The van der Waals surface area contributed by atoms with Crippen LogP contribution in [-0.2, 0) is 16.0 Å². The number of hydrogen-bond acceptors (Lipinski definition) is 7. The molecule has 2 atom stereocenters. The van der Waals surface area contributed by atoms with Gasteiger partial charge in [0.1, 0.15) is 11.2 Å². The lowest BCUT2D eigenvalue weighted by molar-refractivity contribution is -0.148. The van der Waals surface area contributed by atoms with Gasteiger partial charge in [0.2, 0.25) is 5.95 Å². The molecule has 1 N–H and O–H groups in total. The van der Waals surface area contributed by atoms with Gasteiger partial charge in [0.05, 0.1) is 13.2 Å². The van der Waals surface area contributed by atoms with E-state index in [1.165, 1.54) is 0 Å². The van der Waals surface area contributed by atoms with Gasteiger partial charge in [0.25, 0.3) is 0 Å². The Morgan fingerprint density at radius 2 is 2.04 bits per heavy atom. The number of fused-ring (bicyclic) bond motifs is 1. The monoisotopic (exact) mass is 361 g/mol. The molecule has 0 aliphatic carbocycles. The number of likely N-dealkylation sites (tertiary alicyclic amines) is 1. The van der Waals surface area contributed by atoms with Crippen LogP contribution in [0.25, 0.3) is 0 Å². The van der Waals surface area contributed by atoms with Crippen LogP contribution in [0.4, 0.5) is 11.8 Å². The number of carboxylic acid groups (broad SMARTS) is 1. The van der Waals surface area contributed by atoms with Gasteiger partial charge in [0, 0.05) is 56.9 Å². The van der Waals surface area contributed by atoms with Crippen LogP contribution in [0.5, 0.6) is 0 Å². The Morgan fingerprint density at radius 1 is 1.27 bits per heavy atom. The number of hydrogen-bond donors (Lipinski definition) is 1. The second-order valence-electron chi connectivity index (χ2n) is 7.71. The highest BCUT2D eigenvalue weighted by molar-refractivity contribution is 5.78. The molecule has 0 saturated carbocycles. The second kappa shape index (κ2) is 6.66. The minimum absolute atomic E-state index is 0.136. The van der Waals surface area contributed by atoms with Crippen molar-refractivity contribution in [3.63, 3.8) is 0 Å². The van der Waals surface area contributed by atoms with Crippen LogP contribution in [0.1, 0.15) is 12.6 Å². The molecule has 0 bridgehead atoms. The number of aryl methyl sites for hydroxylation is 1. The second-order valence-corrected chi connectivity index (χ2v) is 7.71. The van der Waals surface area contributed by atoms with Gasteiger partial charge in [-0.05, 0) is 13.5 Å². The van der Waals surface area contributed by atoms with E-state index in [9.17, 15) is 9.90 Å². The van der Waals surface area contributed by atoms with E-state index in [1.54, 1.807) is 0 Å². The summed E-state index contributed by atoms with van der Waals surface area (Å²) in [7, 11) is 2.00. The number of ether oxygens (including phenoxy) is 1. The molecule has 3 aliphatic rings. The van der Waals surface area contributed by atoms with E-state index in [-0.39, 0.29) is 5.92 Å². The van der Waals surface area contributed by atoms with Crippen LogP contribution in [0.2, 0.25) is 0 Å². The van der Waals surface area contributed by atoms with Gasteiger partial charge >= 0.3 is 5.97 Å². The van der Waals surface area contributed by atoms with Gasteiger partial charge in [-0.3, -0.25) is 4.79 Å². The fraction of sp³-hybridized carbons (Fsp3) is 0.722. The smallest absolute Gasteiger partial charge is 0.313 e. The van der Waals surface area contributed by atoms with Crippen LogP contribution < -0.4 is 9.80 Å². The van der Waals surface area contributed by atoms with Gasteiger partial charge in [-0.1, -0.05) is 6.92 Å². The third-order valence-corrected chi connectivity index (χ3v) is 5.94. The van der Waals surface area contributed by atoms with Crippen LogP contribution >= 0.6 is 0 Å². The number of carboxylic acids is 1. The lowest BCUT2D eigenvalue weighted by Gasteiger charge is -2.29. The average Bonchev–Trinajstić information content (AvgIpc) is 3.16. The summed E-state index contributed by atoms with van der Waals surface area (Å²) >= 11 is 0. The van der Waals surface area contributed by atoms with Crippen LogP contribution in [-0.4, -0.2) is 85.5 Å². The first kappa shape index (κ1) is 17.5. The number of nitrogens with zero attached hydrogens (tertiary/aromatic N) is 5. The molecule has 8 heteroatoms. The third-order valence-electron chi connectivity index (χ3n) is 5.94. The van der Waals surface area contributed by atoms with Gasteiger partial charge in [-0.25, -0.2) is 4.98 Å². The summed E-state index contributed by atoms with van der Waals surface area (Å²) in [6, 6.07) is 2.02. The maximum atomic E-state index is 12.1. The minimum Gasteiger partial charge on any atom is -0.481 e. The first-order valence-electron chi connectivity index (χ1n) is 9.39. The van der Waals surface area contributed by atoms with Crippen molar-refractivity contribution in [2.45, 2.75) is 13.3 Å². The van der Waals surface area contributed by atoms with Crippen molar-refractivity contribution in [3.8, 4) is 0 Å². The van der Waals surface area contributed by atoms with Gasteiger partial charge in [-0.15, -0.1) is 0 Å². The molecule has 1 aromatic heterocycles. The first-order valence-corrected chi connectivity index (χ1v) is 9.39. The summed E-state index contributed by atoms with van der Waals surface area (Å²) in [4.78, 5) is 28.0. The summed E-state index contributed by atoms with van der Waals surface area (Å²) < 4.78 is 5.43. The Labute approximate surface area is 153 Å².